The normalized spacial score (nSPS) is 12.5. The summed E-state index contributed by atoms with van der Waals surface area (Å²) >= 11 is 0. The Morgan fingerprint density at radius 1 is 1.50 bits per heavy atom. The van der Waals surface area contributed by atoms with E-state index in [1.165, 1.54) is 0 Å². The van der Waals surface area contributed by atoms with Crippen LogP contribution in [-0.2, 0) is 6.42 Å². The molecular formula is C11H17NO2. The fraction of sp³-hybridized carbons (Fsp3) is 0.455. The summed E-state index contributed by atoms with van der Waals surface area (Å²) in [6.07, 6.45) is 1.67. The molecule has 0 aliphatic rings. The third-order valence-electron chi connectivity index (χ3n) is 2.16. The second-order valence-electron chi connectivity index (χ2n) is 3.51. The van der Waals surface area contributed by atoms with E-state index in [0.717, 1.165) is 18.4 Å². The van der Waals surface area contributed by atoms with Crippen molar-refractivity contribution in [2.45, 2.75) is 25.8 Å². The molecule has 3 nitrogen and oxygen atoms in total. The van der Waals surface area contributed by atoms with Gasteiger partial charge in [0.05, 0.1) is 7.11 Å². The lowest BCUT2D eigenvalue weighted by Crippen LogP contribution is -2.15. The van der Waals surface area contributed by atoms with E-state index >= 15 is 0 Å². The first-order valence-corrected chi connectivity index (χ1v) is 4.75. The number of phenols is 1. The summed E-state index contributed by atoms with van der Waals surface area (Å²) in [4.78, 5) is 0. The topological polar surface area (TPSA) is 55.5 Å². The Kier molecular flexibility index (Phi) is 3.77. The van der Waals surface area contributed by atoms with Crippen LogP contribution in [0.5, 0.6) is 11.5 Å². The fourth-order valence-electron chi connectivity index (χ4n) is 1.27. The number of rotatable bonds is 4. The number of phenolic OH excluding ortho intramolecular Hbond substituents is 1. The van der Waals surface area contributed by atoms with Crippen molar-refractivity contribution in [1.29, 1.82) is 0 Å². The van der Waals surface area contributed by atoms with Crippen LogP contribution in [0.2, 0.25) is 0 Å². The Morgan fingerprint density at radius 2 is 2.21 bits per heavy atom. The third-order valence-corrected chi connectivity index (χ3v) is 2.16. The Balaban J connectivity index is 2.69. The minimum atomic E-state index is 0.163. The first-order valence-electron chi connectivity index (χ1n) is 4.75. The number of benzene rings is 1. The fourth-order valence-corrected chi connectivity index (χ4v) is 1.27. The van der Waals surface area contributed by atoms with Crippen molar-refractivity contribution in [3.05, 3.63) is 23.8 Å². The third kappa shape index (κ3) is 2.92. The van der Waals surface area contributed by atoms with Gasteiger partial charge in [-0.3, -0.25) is 0 Å². The maximum atomic E-state index is 9.61. The predicted molar refractivity (Wildman–Crippen MR) is 56.6 cm³/mol. The average Bonchev–Trinajstić information content (AvgIpc) is 2.15. The lowest BCUT2D eigenvalue weighted by atomic mass is 10.1. The number of aryl methyl sites for hydroxylation is 1. The summed E-state index contributed by atoms with van der Waals surface area (Å²) in [5, 5.41) is 9.61. The number of nitrogens with two attached hydrogens (primary N) is 1. The first kappa shape index (κ1) is 10.9. The van der Waals surface area contributed by atoms with Crippen LogP contribution in [0.3, 0.4) is 0 Å². The van der Waals surface area contributed by atoms with Gasteiger partial charge in [-0.1, -0.05) is 6.07 Å². The van der Waals surface area contributed by atoms with Crippen molar-refractivity contribution < 1.29 is 9.84 Å². The molecule has 0 aliphatic carbocycles. The molecule has 0 aliphatic heterocycles. The van der Waals surface area contributed by atoms with Gasteiger partial charge in [-0.15, -0.1) is 0 Å². The van der Waals surface area contributed by atoms with Gasteiger partial charge in [-0.05, 0) is 31.4 Å². The molecule has 0 aromatic heterocycles. The van der Waals surface area contributed by atoms with Gasteiger partial charge in [-0.25, -0.2) is 0 Å². The number of hydrogen-bond donors (Lipinski definition) is 2. The average molecular weight is 195 g/mol. The Labute approximate surface area is 84.5 Å². The first-order chi connectivity index (χ1) is 6.63. The van der Waals surface area contributed by atoms with Crippen LogP contribution >= 0.6 is 0 Å². The molecule has 1 rings (SSSR count). The summed E-state index contributed by atoms with van der Waals surface area (Å²) in [7, 11) is 1.58. The SMILES string of the molecule is COc1ccc(CCC(C)N)c(O)c1. The molecule has 0 saturated carbocycles. The molecular weight excluding hydrogens is 178 g/mol. The van der Waals surface area contributed by atoms with Crippen LogP contribution < -0.4 is 10.5 Å². The van der Waals surface area contributed by atoms with E-state index in [2.05, 4.69) is 0 Å². The number of methoxy groups -OCH3 is 1. The molecule has 1 aromatic carbocycles. The number of ether oxygens (including phenoxy) is 1. The highest BCUT2D eigenvalue weighted by Gasteiger charge is 2.03. The van der Waals surface area contributed by atoms with Gasteiger partial charge in [0.25, 0.3) is 0 Å². The molecule has 0 amide bonds. The van der Waals surface area contributed by atoms with E-state index < -0.39 is 0 Å². The summed E-state index contributed by atoms with van der Waals surface area (Å²) in [5.41, 5.74) is 6.56. The highest BCUT2D eigenvalue weighted by atomic mass is 16.5. The van der Waals surface area contributed by atoms with Crippen molar-refractivity contribution in [2.24, 2.45) is 5.73 Å². The van der Waals surface area contributed by atoms with E-state index in [0.29, 0.717) is 5.75 Å². The zero-order chi connectivity index (χ0) is 10.6. The second-order valence-corrected chi connectivity index (χ2v) is 3.51. The molecule has 1 atom stereocenters. The molecule has 0 fully saturated rings. The molecule has 0 heterocycles. The van der Waals surface area contributed by atoms with Gasteiger partial charge in [0.1, 0.15) is 11.5 Å². The maximum Gasteiger partial charge on any atom is 0.122 e. The van der Waals surface area contributed by atoms with Gasteiger partial charge >= 0.3 is 0 Å². The number of hydrogen-bond acceptors (Lipinski definition) is 3. The Morgan fingerprint density at radius 3 is 2.71 bits per heavy atom. The molecule has 1 aromatic rings. The van der Waals surface area contributed by atoms with E-state index in [9.17, 15) is 5.11 Å². The molecule has 14 heavy (non-hydrogen) atoms. The summed E-state index contributed by atoms with van der Waals surface area (Å²) in [6.45, 7) is 1.96. The van der Waals surface area contributed by atoms with Crippen LogP contribution in [0.1, 0.15) is 18.9 Å². The van der Waals surface area contributed by atoms with Crippen molar-refractivity contribution in [2.75, 3.05) is 7.11 Å². The van der Waals surface area contributed by atoms with Crippen molar-refractivity contribution in [3.63, 3.8) is 0 Å². The van der Waals surface area contributed by atoms with Crippen LogP contribution in [0.15, 0.2) is 18.2 Å². The quantitative estimate of drug-likeness (QED) is 0.768. The lowest BCUT2D eigenvalue weighted by molar-refractivity contribution is 0.406. The van der Waals surface area contributed by atoms with Crippen LogP contribution in [0, 0.1) is 0 Å². The van der Waals surface area contributed by atoms with E-state index in [1.54, 1.807) is 13.2 Å². The Hall–Kier alpha value is -1.22. The molecule has 0 spiro atoms. The zero-order valence-electron chi connectivity index (χ0n) is 8.66. The smallest absolute Gasteiger partial charge is 0.122 e. The largest absolute Gasteiger partial charge is 0.508 e. The summed E-state index contributed by atoms with van der Waals surface area (Å²) in [5.74, 6) is 0.956. The van der Waals surface area contributed by atoms with Crippen molar-refractivity contribution in [3.8, 4) is 11.5 Å². The Bertz CT molecular complexity index is 297. The van der Waals surface area contributed by atoms with Gasteiger partial charge in [0, 0.05) is 12.1 Å². The van der Waals surface area contributed by atoms with E-state index in [1.807, 2.05) is 19.1 Å². The van der Waals surface area contributed by atoms with E-state index in [4.69, 9.17) is 10.5 Å². The van der Waals surface area contributed by atoms with Gasteiger partial charge < -0.3 is 15.6 Å². The molecule has 3 N–H and O–H groups in total. The number of aromatic hydroxyl groups is 1. The van der Waals surface area contributed by atoms with Crippen molar-refractivity contribution >= 4 is 0 Å². The molecule has 0 bridgehead atoms. The van der Waals surface area contributed by atoms with Crippen LogP contribution in [-0.4, -0.2) is 18.3 Å². The molecule has 78 valence electrons. The molecule has 0 radical (unpaired) electrons. The monoisotopic (exact) mass is 195 g/mol. The summed E-state index contributed by atoms with van der Waals surface area (Å²) < 4.78 is 4.99. The van der Waals surface area contributed by atoms with Gasteiger partial charge in [0.15, 0.2) is 0 Å². The molecule has 0 saturated heterocycles. The van der Waals surface area contributed by atoms with Crippen molar-refractivity contribution in [1.82, 2.24) is 0 Å². The minimum Gasteiger partial charge on any atom is -0.508 e. The minimum absolute atomic E-state index is 0.163. The molecule has 1 unspecified atom stereocenters. The zero-order valence-corrected chi connectivity index (χ0v) is 8.66. The highest BCUT2D eigenvalue weighted by molar-refractivity contribution is 5.39. The van der Waals surface area contributed by atoms with E-state index in [-0.39, 0.29) is 11.8 Å². The standard InChI is InChI=1S/C11H17NO2/c1-8(12)3-4-9-5-6-10(14-2)7-11(9)13/h5-8,13H,3-4,12H2,1-2H3. The predicted octanol–water partition coefficient (Wildman–Crippen LogP) is 1.68. The molecule has 3 heteroatoms. The summed E-state index contributed by atoms with van der Waals surface area (Å²) in [6, 6.07) is 5.50. The lowest BCUT2D eigenvalue weighted by Gasteiger charge is -2.08. The van der Waals surface area contributed by atoms with Crippen LogP contribution in [0.25, 0.3) is 0 Å². The highest BCUT2D eigenvalue weighted by Crippen LogP contribution is 2.24. The second kappa shape index (κ2) is 4.86. The van der Waals surface area contributed by atoms with Gasteiger partial charge in [0.2, 0.25) is 0 Å². The van der Waals surface area contributed by atoms with Gasteiger partial charge in [-0.2, -0.15) is 0 Å². The maximum absolute atomic E-state index is 9.61. The van der Waals surface area contributed by atoms with Crippen LogP contribution in [0.4, 0.5) is 0 Å².